The third kappa shape index (κ3) is 5.35. The molecule has 0 atom stereocenters. The van der Waals surface area contributed by atoms with Gasteiger partial charge in [0.1, 0.15) is 12.4 Å². The molecule has 1 rings (SSSR count). The van der Waals surface area contributed by atoms with Gasteiger partial charge in [-0.15, -0.1) is 0 Å². The fraction of sp³-hybridized carbons (Fsp3) is 0.300. The number of nitrogens with one attached hydrogen (secondary N) is 2. The van der Waals surface area contributed by atoms with E-state index in [1.165, 1.54) is 18.2 Å². The van der Waals surface area contributed by atoms with Gasteiger partial charge < -0.3 is 10.6 Å². The summed E-state index contributed by atoms with van der Waals surface area (Å²) in [5.74, 6) is -1.46. The van der Waals surface area contributed by atoms with E-state index in [1.807, 2.05) is 0 Å². The Hall–Kier alpha value is -1.31. The molecule has 0 fully saturated rings. The molecule has 0 bridgehead atoms. The highest BCUT2D eigenvalue weighted by Gasteiger charge is 2.27. The van der Waals surface area contributed by atoms with Crippen LogP contribution >= 0.6 is 15.9 Å². The summed E-state index contributed by atoms with van der Waals surface area (Å²) in [4.78, 5) is 11.1. The molecule has 0 heterocycles. The molecule has 0 spiro atoms. The number of carbonyl (C=O) groups excluding carboxylic acids is 1. The topological polar surface area (TPSA) is 41.1 Å². The highest BCUT2D eigenvalue weighted by atomic mass is 79.9. The second-order valence-corrected chi connectivity index (χ2v) is 4.29. The van der Waals surface area contributed by atoms with E-state index in [0.717, 1.165) is 0 Å². The maximum absolute atomic E-state index is 13.2. The normalized spacial score (nSPS) is 11.2. The summed E-state index contributed by atoms with van der Waals surface area (Å²) >= 11 is 3.10. The van der Waals surface area contributed by atoms with Crippen molar-refractivity contribution in [1.82, 2.24) is 5.32 Å². The van der Waals surface area contributed by atoms with Crippen LogP contribution in [0, 0.1) is 5.82 Å². The zero-order valence-electron chi connectivity index (χ0n) is 8.94. The lowest BCUT2D eigenvalue weighted by Gasteiger charge is -2.10. The highest BCUT2D eigenvalue weighted by molar-refractivity contribution is 9.10. The number of carbonyl (C=O) groups is 1. The van der Waals surface area contributed by atoms with Crippen molar-refractivity contribution in [2.45, 2.75) is 6.18 Å². The van der Waals surface area contributed by atoms with Crippen LogP contribution in [0.1, 0.15) is 0 Å². The zero-order chi connectivity index (χ0) is 13.8. The minimum atomic E-state index is -4.46. The Kier molecular flexibility index (Phi) is 4.94. The van der Waals surface area contributed by atoms with Gasteiger partial charge in [-0.2, -0.15) is 13.2 Å². The summed E-state index contributed by atoms with van der Waals surface area (Å²) in [5, 5.41) is 4.07. The van der Waals surface area contributed by atoms with Crippen LogP contribution in [0.25, 0.3) is 0 Å². The molecule has 0 aliphatic rings. The molecule has 0 unspecified atom stereocenters. The van der Waals surface area contributed by atoms with Gasteiger partial charge in [-0.25, -0.2) is 4.39 Å². The maximum Gasteiger partial charge on any atom is 0.405 e. The summed E-state index contributed by atoms with van der Waals surface area (Å²) in [5.41, 5.74) is 0.0338. The summed E-state index contributed by atoms with van der Waals surface area (Å²) in [7, 11) is 0. The smallest absolute Gasteiger partial charge is 0.374 e. The van der Waals surface area contributed by atoms with E-state index in [4.69, 9.17) is 0 Å². The van der Waals surface area contributed by atoms with Crippen LogP contribution in [0.5, 0.6) is 0 Å². The standard InChI is InChI=1S/C10H9BrF4N2O/c11-6-1-2-7(12)8(3-6)16-4-9(18)17-5-10(13,14)15/h1-3,16H,4-5H2,(H,17,18). The Morgan fingerprint density at radius 1 is 1.33 bits per heavy atom. The van der Waals surface area contributed by atoms with E-state index in [0.29, 0.717) is 4.47 Å². The molecular formula is C10H9BrF4N2O. The van der Waals surface area contributed by atoms with Crippen LogP contribution in [-0.4, -0.2) is 25.2 Å². The third-order valence-corrected chi connectivity index (χ3v) is 2.35. The highest BCUT2D eigenvalue weighted by Crippen LogP contribution is 2.19. The van der Waals surface area contributed by atoms with Crippen molar-refractivity contribution in [2.75, 3.05) is 18.4 Å². The molecular weight excluding hydrogens is 320 g/mol. The molecule has 2 N–H and O–H groups in total. The second kappa shape index (κ2) is 6.03. The van der Waals surface area contributed by atoms with Crippen molar-refractivity contribution in [1.29, 1.82) is 0 Å². The Bertz CT molecular complexity index is 436. The molecule has 0 saturated heterocycles. The van der Waals surface area contributed by atoms with E-state index >= 15 is 0 Å². The molecule has 1 aromatic carbocycles. The average Bonchev–Trinajstić information content (AvgIpc) is 2.26. The lowest BCUT2D eigenvalue weighted by atomic mass is 10.3. The van der Waals surface area contributed by atoms with Gasteiger partial charge in [0.25, 0.3) is 0 Å². The summed E-state index contributed by atoms with van der Waals surface area (Å²) in [6, 6.07) is 4.01. The van der Waals surface area contributed by atoms with Gasteiger partial charge >= 0.3 is 6.18 Å². The largest absolute Gasteiger partial charge is 0.405 e. The SMILES string of the molecule is O=C(CNc1cc(Br)ccc1F)NCC(F)(F)F. The molecule has 1 aromatic rings. The first-order valence-corrected chi connectivity index (χ1v) is 5.59. The first-order valence-electron chi connectivity index (χ1n) is 4.80. The molecule has 0 aromatic heterocycles. The van der Waals surface area contributed by atoms with E-state index < -0.39 is 31.0 Å². The van der Waals surface area contributed by atoms with Crippen LogP contribution in [0.4, 0.5) is 23.2 Å². The number of hydrogen-bond donors (Lipinski definition) is 2. The van der Waals surface area contributed by atoms with E-state index in [1.54, 1.807) is 5.32 Å². The molecule has 8 heteroatoms. The van der Waals surface area contributed by atoms with Crippen LogP contribution < -0.4 is 10.6 Å². The van der Waals surface area contributed by atoms with Crippen molar-refractivity contribution < 1.29 is 22.4 Å². The Balaban J connectivity index is 2.45. The van der Waals surface area contributed by atoms with Gasteiger partial charge in [0.2, 0.25) is 5.91 Å². The van der Waals surface area contributed by atoms with Crippen molar-refractivity contribution in [3.8, 4) is 0 Å². The maximum atomic E-state index is 13.2. The van der Waals surface area contributed by atoms with Crippen LogP contribution in [0.2, 0.25) is 0 Å². The predicted molar refractivity (Wildman–Crippen MR) is 61.7 cm³/mol. The van der Waals surface area contributed by atoms with Gasteiger partial charge in [0.05, 0.1) is 12.2 Å². The van der Waals surface area contributed by atoms with Gasteiger partial charge in [-0.05, 0) is 18.2 Å². The summed E-state index contributed by atoms with van der Waals surface area (Å²) in [6.07, 6.45) is -4.46. The number of amides is 1. The minimum Gasteiger partial charge on any atom is -0.374 e. The fourth-order valence-corrected chi connectivity index (χ4v) is 1.43. The quantitative estimate of drug-likeness (QED) is 0.834. The Labute approximate surface area is 109 Å². The fourth-order valence-electron chi connectivity index (χ4n) is 1.07. The number of anilines is 1. The number of rotatable bonds is 4. The lowest BCUT2D eigenvalue weighted by molar-refractivity contribution is -0.137. The number of halogens is 5. The van der Waals surface area contributed by atoms with E-state index in [9.17, 15) is 22.4 Å². The van der Waals surface area contributed by atoms with Crippen molar-refractivity contribution in [2.24, 2.45) is 0 Å². The number of benzene rings is 1. The molecule has 0 radical (unpaired) electrons. The zero-order valence-corrected chi connectivity index (χ0v) is 10.5. The van der Waals surface area contributed by atoms with Gasteiger partial charge in [-0.1, -0.05) is 15.9 Å². The van der Waals surface area contributed by atoms with Gasteiger partial charge in [-0.3, -0.25) is 4.79 Å². The van der Waals surface area contributed by atoms with E-state index in [-0.39, 0.29) is 5.69 Å². The number of alkyl halides is 3. The molecule has 0 aliphatic heterocycles. The third-order valence-electron chi connectivity index (χ3n) is 1.85. The van der Waals surface area contributed by atoms with Crippen LogP contribution in [0.3, 0.4) is 0 Å². The summed E-state index contributed by atoms with van der Waals surface area (Å²) < 4.78 is 49.2. The molecule has 3 nitrogen and oxygen atoms in total. The average molecular weight is 329 g/mol. The number of hydrogen-bond acceptors (Lipinski definition) is 2. The van der Waals surface area contributed by atoms with Gasteiger partial charge in [0, 0.05) is 4.47 Å². The minimum absolute atomic E-state index is 0.0338. The molecule has 0 saturated carbocycles. The first-order chi connectivity index (χ1) is 8.28. The van der Waals surface area contributed by atoms with Gasteiger partial charge in [0.15, 0.2) is 0 Å². The van der Waals surface area contributed by atoms with E-state index in [2.05, 4.69) is 21.2 Å². The van der Waals surface area contributed by atoms with Crippen molar-refractivity contribution in [3.05, 3.63) is 28.5 Å². The van der Waals surface area contributed by atoms with Crippen LogP contribution in [0.15, 0.2) is 22.7 Å². The first kappa shape index (κ1) is 14.7. The van der Waals surface area contributed by atoms with Crippen molar-refractivity contribution in [3.63, 3.8) is 0 Å². The predicted octanol–water partition coefficient (Wildman–Crippen LogP) is 2.68. The molecule has 1 amide bonds. The molecule has 100 valence electrons. The van der Waals surface area contributed by atoms with Crippen LogP contribution in [-0.2, 0) is 4.79 Å². The summed E-state index contributed by atoms with van der Waals surface area (Å²) in [6.45, 7) is -1.85. The monoisotopic (exact) mass is 328 g/mol. The molecule has 0 aliphatic carbocycles. The lowest BCUT2D eigenvalue weighted by Crippen LogP contribution is -2.37. The molecule has 18 heavy (non-hydrogen) atoms. The Morgan fingerprint density at radius 2 is 2.00 bits per heavy atom. The second-order valence-electron chi connectivity index (χ2n) is 3.37. The Morgan fingerprint density at radius 3 is 2.61 bits per heavy atom. The van der Waals surface area contributed by atoms with Crippen molar-refractivity contribution >= 4 is 27.5 Å².